The lowest BCUT2D eigenvalue weighted by Crippen LogP contribution is -2.34. The van der Waals surface area contributed by atoms with Crippen molar-refractivity contribution in [3.63, 3.8) is 0 Å². The highest BCUT2D eigenvalue weighted by molar-refractivity contribution is 6.02. The van der Waals surface area contributed by atoms with E-state index in [1.54, 1.807) is 0 Å². The lowest BCUT2D eigenvalue weighted by Gasteiger charge is -2.10. The molecule has 1 heterocycles. The first-order valence-corrected chi connectivity index (χ1v) is 5.57. The molecule has 0 saturated heterocycles. The molecule has 1 aromatic carbocycles. The molecule has 0 aliphatic carbocycles. The van der Waals surface area contributed by atoms with Gasteiger partial charge in [0, 0.05) is 11.3 Å². The van der Waals surface area contributed by atoms with Crippen LogP contribution in [0.4, 0.5) is 5.69 Å². The second-order valence-electron chi connectivity index (χ2n) is 4.04. The zero-order chi connectivity index (χ0) is 12.4. The van der Waals surface area contributed by atoms with Crippen molar-refractivity contribution in [1.29, 1.82) is 0 Å². The van der Waals surface area contributed by atoms with Crippen LogP contribution < -0.4 is 16.4 Å². The summed E-state index contributed by atoms with van der Waals surface area (Å²) in [6.07, 6.45) is 0.907. The molecule has 90 valence electrons. The maximum absolute atomic E-state index is 11.7. The lowest BCUT2D eigenvalue weighted by atomic mass is 10.0. The van der Waals surface area contributed by atoms with Gasteiger partial charge in [-0.3, -0.25) is 14.9 Å². The molecule has 0 bridgehead atoms. The highest BCUT2D eigenvalue weighted by Gasteiger charge is 2.30. The first-order valence-electron chi connectivity index (χ1n) is 5.57. The summed E-state index contributed by atoms with van der Waals surface area (Å²) < 4.78 is 0. The normalized spacial score (nSPS) is 17.7. The highest BCUT2D eigenvalue weighted by atomic mass is 16.2. The van der Waals surface area contributed by atoms with E-state index in [2.05, 4.69) is 17.6 Å². The highest BCUT2D eigenvalue weighted by Crippen LogP contribution is 2.31. The number of carbonyl (C=O) groups is 2. The van der Waals surface area contributed by atoms with Gasteiger partial charge in [-0.15, -0.1) is 0 Å². The van der Waals surface area contributed by atoms with Crippen LogP contribution in [0.15, 0.2) is 18.2 Å². The zero-order valence-corrected chi connectivity index (χ0v) is 9.62. The first-order chi connectivity index (χ1) is 8.11. The van der Waals surface area contributed by atoms with Gasteiger partial charge in [-0.2, -0.15) is 0 Å². The number of nitrogens with two attached hydrogens (primary N) is 1. The van der Waals surface area contributed by atoms with E-state index in [9.17, 15) is 9.59 Å². The molecule has 0 aromatic heterocycles. The number of amides is 2. The SMILES string of the molecule is CCc1ccc2c(c1)C(NCC(N)=O)C(=O)N2. The summed E-state index contributed by atoms with van der Waals surface area (Å²) in [7, 11) is 0. The third kappa shape index (κ3) is 2.29. The molecule has 0 spiro atoms. The zero-order valence-electron chi connectivity index (χ0n) is 9.62. The molecule has 1 aliphatic heterocycles. The predicted octanol–water partition coefficient (Wildman–Crippen LogP) is 0.317. The van der Waals surface area contributed by atoms with Crippen LogP contribution in [0.25, 0.3) is 0 Å². The quantitative estimate of drug-likeness (QED) is 0.700. The maximum Gasteiger partial charge on any atom is 0.246 e. The molecular weight excluding hydrogens is 218 g/mol. The average Bonchev–Trinajstić information content (AvgIpc) is 2.61. The van der Waals surface area contributed by atoms with E-state index in [1.165, 1.54) is 0 Å². The summed E-state index contributed by atoms with van der Waals surface area (Å²) in [5, 5.41) is 5.62. The van der Waals surface area contributed by atoms with Crippen molar-refractivity contribution in [3.8, 4) is 0 Å². The summed E-state index contributed by atoms with van der Waals surface area (Å²) >= 11 is 0. The standard InChI is InChI=1S/C12H15N3O2/c1-2-7-3-4-9-8(5-7)11(12(17)15-9)14-6-10(13)16/h3-5,11,14H,2,6H2,1H3,(H2,13,16)(H,15,17). The van der Waals surface area contributed by atoms with Crippen LogP contribution >= 0.6 is 0 Å². The predicted molar refractivity (Wildman–Crippen MR) is 64.4 cm³/mol. The van der Waals surface area contributed by atoms with Crippen LogP contribution in [0.3, 0.4) is 0 Å². The molecule has 5 nitrogen and oxygen atoms in total. The Kier molecular flexibility index (Phi) is 3.10. The van der Waals surface area contributed by atoms with Crippen molar-refractivity contribution in [2.45, 2.75) is 19.4 Å². The summed E-state index contributed by atoms with van der Waals surface area (Å²) in [6.45, 7) is 2.05. The average molecular weight is 233 g/mol. The molecule has 0 saturated carbocycles. The number of nitrogens with one attached hydrogen (secondary N) is 2. The van der Waals surface area contributed by atoms with Crippen molar-refractivity contribution in [2.75, 3.05) is 11.9 Å². The minimum absolute atomic E-state index is 0.00607. The van der Waals surface area contributed by atoms with Crippen LogP contribution in [0.2, 0.25) is 0 Å². The Bertz CT molecular complexity index is 471. The van der Waals surface area contributed by atoms with Gasteiger partial charge in [-0.1, -0.05) is 19.1 Å². The van der Waals surface area contributed by atoms with E-state index in [-0.39, 0.29) is 12.5 Å². The maximum atomic E-state index is 11.7. The Morgan fingerprint density at radius 2 is 2.29 bits per heavy atom. The Balaban J connectivity index is 2.25. The van der Waals surface area contributed by atoms with Crippen LogP contribution in [0.1, 0.15) is 24.1 Å². The fraction of sp³-hybridized carbons (Fsp3) is 0.333. The number of benzene rings is 1. The molecule has 17 heavy (non-hydrogen) atoms. The first kappa shape index (κ1) is 11.6. The topological polar surface area (TPSA) is 84.2 Å². The molecule has 1 aromatic rings. The van der Waals surface area contributed by atoms with Crippen molar-refractivity contribution in [1.82, 2.24) is 5.32 Å². The Hall–Kier alpha value is -1.88. The van der Waals surface area contributed by atoms with Crippen molar-refractivity contribution in [3.05, 3.63) is 29.3 Å². The fourth-order valence-corrected chi connectivity index (χ4v) is 1.94. The van der Waals surface area contributed by atoms with Gasteiger partial charge in [-0.05, 0) is 18.1 Å². The molecular formula is C12H15N3O2. The van der Waals surface area contributed by atoms with Crippen molar-refractivity contribution < 1.29 is 9.59 Å². The minimum Gasteiger partial charge on any atom is -0.369 e. The summed E-state index contributed by atoms with van der Waals surface area (Å²) in [5.74, 6) is -0.618. The second-order valence-corrected chi connectivity index (χ2v) is 4.04. The summed E-state index contributed by atoms with van der Waals surface area (Å²) in [5.41, 5.74) is 7.90. The lowest BCUT2D eigenvalue weighted by molar-refractivity contribution is -0.119. The molecule has 5 heteroatoms. The van der Waals surface area contributed by atoms with E-state index < -0.39 is 11.9 Å². The van der Waals surface area contributed by atoms with Gasteiger partial charge in [-0.25, -0.2) is 0 Å². The molecule has 1 aliphatic rings. The molecule has 1 atom stereocenters. The molecule has 2 rings (SSSR count). The number of primary amides is 1. The minimum atomic E-state index is -0.482. The third-order valence-corrected chi connectivity index (χ3v) is 2.84. The monoisotopic (exact) mass is 233 g/mol. The number of rotatable bonds is 4. The van der Waals surface area contributed by atoms with Crippen molar-refractivity contribution >= 4 is 17.5 Å². The summed E-state index contributed by atoms with van der Waals surface area (Å²) in [4.78, 5) is 22.4. The number of carbonyl (C=O) groups excluding carboxylic acids is 2. The van der Waals surface area contributed by atoms with E-state index in [1.807, 2.05) is 18.2 Å². The van der Waals surface area contributed by atoms with Gasteiger partial charge in [0.15, 0.2) is 0 Å². The van der Waals surface area contributed by atoms with E-state index >= 15 is 0 Å². The van der Waals surface area contributed by atoms with Gasteiger partial charge >= 0.3 is 0 Å². The Morgan fingerprint density at radius 1 is 1.53 bits per heavy atom. The molecule has 0 radical (unpaired) electrons. The summed E-state index contributed by atoms with van der Waals surface area (Å²) in [6, 6.07) is 5.36. The number of anilines is 1. The number of hydrogen-bond acceptors (Lipinski definition) is 3. The number of aryl methyl sites for hydroxylation is 1. The van der Waals surface area contributed by atoms with Gasteiger partial charge < -0.3 is 11.1 Å². The molecule has 1 unspecified atom stereocenters. The van der Waals surface area contributed by atoms with Crippen LogP contribution in [-0.4, -0.2) is 18.4 Å². The Labute approximate surface area is 99.4 Å². The van der Waals surface area contributed by atoms with Crippen LogP contribution in [0, 0.1) is 0 Å². The second kappa shape index (κ2) is 4.55. The smallest absolute Gasteiger partial charge is 0.246 e. The van der Waals surface area contributed by atoms with E-state index in [0.29, 0.717) is 0 Å². The number of fused-ring (bicyclic) bond motifs is 1. The Morgan fingerprint density at radius 3 is 2.94 bits per heavy atom. The molecule has 2 amide bonds. The number of hydrogen-bond donors (Lipinski definition) is 3. The fourth-order valence-electron chi connectivity index (χ4n) is 1.94. The van der Waals surface area contributed by atoms with Gasteiger partial charge in [0.2, 0.25) is 11.8 Å². The van der Waals surface area contributed by atoms with E-state index in [4.69, 9.17) is 5.73 Å². The van der Waals surface area contributed by atoms with Gasteiger partial charge in [0.05, 0.1) is 6.54 Å². The molecule has 0 fully saturated rings. The van der Waals surface area contributed by atoms with Crippen molar-refractivity contribution in [2.24, 2.45) is 5.73 Å². The largest absolute Gasteiger partial charge is 0.369 e. The van der Waals surface area contributed by atoms with Crippen LogP contribution in [0.5, 0.6) is 0 Å². The van der Waals surface area contributed by atoms with Crippen LogP contribution in [-0.2, 0) is 16.0 Å². The molecule has 4 N–H and O–H groups in total. The third-order valence-electron chi connectivity index (χ3n) is 2.84. The van der Waals surface area contributed by atoms with E-state index in [0.717, 1.165) is 23.2 Å². The van der Waals surface area contributed by atoms with Gasteiger partial charge in [0.1, 0.15) is 6.04 Å². The van der Waals surface area contributed by atoms with Gasteiger partial charge in [0.25, 0.3) is 0 Å².